The molecule has 0 spiro atoms. The van der Waals surface area contributed by atoms with Crippen molar-refractivity contribution >= 4 is 29.6 Å². The molecule has 3 heteroatoms. The van der Waals surface area contributed by atoms with Crippen molar-refractivity contribution in [1.29, 1.82) is 5.26 Å². The molecule has 0 aliphatic carbocycles. The molecule has 0 atom stereocenters. The van der Waals surface area contributed by atoms with Gasteiger partial charge in [0, 0.05) is 0 Å². The van der Waals surface area contributed by atoms with Crippen LogP contribution in [-0.4, -0.2) is 34.7 Å². The van der Waals surface area contributed by atoms with E-state index >= 15 is 0 Å². The fourth-order valence-corrected chi connectivity index (χ4v) is 0.568. The molecule has 0 heterocycles. The van der Waals surface area contributed by atoms with Crippen LogP contribution in [0.2, 0.25) is 0 Å². The zero-order chi connectivity index (χ0) is 6.69. The molecule has 0 unspecified atom stereocenters. The van der Waals surface area contributed by atoms with Gasteiger partial charge in [0.15, 0.2) is 0 Å². The summed E-state index contributed by atoms with van der Waals surface area (Å²) < 4.78 is 0. The second kappa shape index (κ2) is 4.35. The number of phenolic OH excluding ortho intramolecular Hbond substituents is 1. The van der Waals surface area contributed by atoms with E-state index in [0.29, 0.717) is 5.56 Å². The molecule has 0 aliphatic heterocycles. The number of hydrogen-bond donors (Lipinski definition) is 1. The number of benzene rings is 1. The molecule has 2 nitrogen and oxygen atoms in total. The van der Waals surface area contributed by atoms with Gasteiger partial charge in [0.25, 0.3) is 0 Å². The number of rotatable bonds is 0. The van der Waals surface area contributed by atoms with Gasteiger partial charge in [-0.25, -0.2) is 0 Å². The van der Waals surface area contributed by atoms with Crippen molar-refractivity contribution in [3.8, 4) is 11.8 Å². The van der Waals surface area contributed by atoms with E-state index in [-0.39, 0.29) is 35.3 Å². The number of para-hydroxylation sites is 1. The summed E-state index contributed by atoms with van der Waals surface area (Å²) in [5.74, 6) is 0.0417. The summed E-state index contributed by atoms with van der Waals surface area (Å²) in [6, 6.07) is 8.28. The van der Waals surface area contributed by atoms with Gasteiger partial charge >= 0.3 is 29.6 Å². The van der Waals surface area contributed by atoms with Crippen LogP contribution in [0.25, 0.3) is 0 Å². The first-order chi connectivity index (χ1) is 4.34. The first-order valence-corrected chi connectivity index (χ1v) is 2.52. The van der Waals surface area contributed by atoms with E-state index in [1.165, 1.54) is 6.07 Å². The van der Waals surface area contributed by atoms with Gasteiger partial charge in [0.1, 0.15) is 11.8 Å². The molecule has 0 amide bonds. The van der Waals surface area contributed by atoms with Crippen molar-refractivity contribution in [3.05, 3.63) is 29.8 Å². The monoisotopic (exact) mass is 143 g/mol. The third kappa shape index (κ3) is 2.03. The molecular weight excluding hydrogens is 137 g/mol. The van der Waals surface area contributed by atoms with Crippen LogP contribution in [0.3, 0.4) is 0 Å². The molecule has 46 valence electrons. The van der Waals surface area contributed by atoms with Crippen LogP contribution in [-0.2, 0) is 0 Å². The Bertz CT molecular complexity index is 254. The predicted octanol–water partition coefficient (Wildman–Crippen LogP) is 0.615. The third-order valence-electron chi connectivity index (χ3n) is 1.02. The summed E-state index contributed by atoms with van der Waals surface area (Å²) >= 11 is 0. The van der Waals surface area contributed by atoms with E-state index in [1.54, 1.807) is 18.2 Å². The van der Waals surface area contributed by atoms with Gasteiger partial charge < -0.3 is 5.11 Å². The van der Waals surface area contributed by atoms with Crippen molar-refractivity contribution < 1.29 is 5.11 Å². The van der Waals surface area contributed by atoms with Crippen LogP contribution in [0.15, 0.2) is 24.3 Å². The van der Waals surface area contributed by atoms with Crippen molar-refractivity contribution in [1.82, 2.24) is 0 Å². The summed E-state index contributed by atoms with van der Waals surface area (Å²) in [5.41, 5.74) is 0.317. The van der Waals surface area contributed by atoms with Gasteiger partial charge in [-0.15, -0.1) is 0 Å². The van der Waals surface area contributed by atoms with Crippen molar-refractivity contribution in [2.75, 3.05) is 0 Å². The summed E-state index contributed by atoms with van der Waals surface area (Å²) in [4.78, 5) is 0. The standard InChI is InChI=1S/C7H5NO.Na.H/c8-5-6-3-1-2-4-7(6)9;;/h1-4,9H;;. The molecule has 1 N–H and O–H groups in total. The van der Waals surface area contributed by atoms with E-state index in [4.69, 9.17) is 10.4 Å². The SMILES string of the molecule is N#Cc1ccccc1O.[NaH]. The maximum absolute atomic E-state index is 8.89. The first kappa shape index (κ1) is 9.51. The van der Waals surface area contributed by atoms with E-state index in [1.807, 2.05) is 6.07 Å². The second-order valence-corrected chi connectivity index (χ2v) is 1.63. The number of hydrogen-bond acceptors (Lipinski definition) is 2. The summed E-state index contributed by atoms with van der Waals surface area (Å²) in [7, 11) is 0. The fourth-order valence-electron chi connectivity index (χ4n) is 0.568. The molecule has 1 aromatic carbocycles. The number of nitriles is 1. The summed E-state index contributed by atoms with van der Waals surface area (Å²) in [6.07, 6.45) is 0. The van der Waals surface area contributed by atoms with Gasteiger partial charge in [0.05, 0.1) is 5.56 Å². The summed E-state index contributed by atoms with van der Waals surface area (Å²) in [6.45, 7) is 0. The van der Waals surface area contributed by atoms with Gasteiger partial charge in [-0.05, 0) is 12.1 Å². The van der Waals surface area contributed by atoms with Crippen LogP contribution in [0.4, 0.5) is 0 Å². The van der Waals surface area contributed by atoms with Crippen LogP contribution >= 0.6 is 0 Å². The first-order valence-electron chi connectivity index (χ1n) is 2.52. The normalized spacial score (nSPS) is 7.50. The Morgan fingerprint density at radius 1 is 1.30 bits per heavy atom. The third-order valence-corrected chi connectivity index (χ3v) is 1.02. The van der Waals surface area contributed by atoms with Crippen molar-refractivity contribution in [3.63, 3.8) is 0 Å². The zero-order valence-corrected chi connectivity index (χ0v) is 4.70. The average Bonchev–Trinajstić information content (AvgIpc) is 1.89. The molecule has 0 saturated carbocycles. The van der Waals surface area contributed by atoms with Crippen molar-refractivity contribution in [2.45, 2.75) is 0 Å². The molecule has 0 aromatic heterocycles. The Labute approximate surface area is 81.4 Å². The Kier molecular flexibility index (Phi) is 4.13. The summed E-state index contributed by atoms with van der Waals surface area (Å²) in [5, 5.41) is 17.2. The van der Waals surface area contributed by atoms with E-state index in [2.05, 4.69) is 0 Å². The zero-order valence-electron chi connectivity index (χ0n) is 4.70. The number of phenols is 1. The molecule has 0 saturated heterocycles. The van der Waals surface area contributed by atoms with E-state index < -0.39 is 0 Å². The molecule has 0 aliphatic rings. The molecule has 10 heavy (non-hydrogen) atoms. The van der Waals surface area contributed by atoms with Crippen LogP contribution in [0.5, 0.6) is 5.75 Å². The fraction of sp³-hybridized carbons (Fsp3) is 0. The molecule has 0 radical (unpaired) electrons. The van der Waals surface area contributed by atoms with E-state index in [0.717, 1.165) is 0 Å². The van der Waals surface area contributed by atoms with Crippen molar-refractivity contribution in [2.24, 2.45) is 0 Å². The van der Waals surface area contributed by atoms with Gasteiger partial charge in [0.2, 0.25) is 0 Å². The minimum atomic E-state index is 0. The number of nitrogens with zero attached hydrogens (tertiary/aromatic N) is 1. The second-order valence-electron chi connectivity index (χ2n) is 1.63. The van der Waals surface area contributed by atoms with Gasteiger partial charge in [-0.3, -0.25) is 0 Å². The Balaban J connectivity index is 0.000000810. The molecule has 1 rings (SSSR count). The Morgan fingerprint density at radius 2 is 1.90 bits per heavy atom. The van der Waals surface area contributed by atoms with Gasteiger partial charge in [-0.1, -0.05) is 12.1 Å². The average molecular weight is 143 g/mol. The Hall–Kier alpha value is -0.490. The minimum absolute atomic E-state index is 0. The van der Waals surface area contributed by atoms with Crippen LogP contribution in [0.1, 0.15) is 5.56 Å². The molecule has 0 fully saturated rings. The van der Waals surface area contributed by atoms with Crippen LogP contribution < -0.4 is 0 Å². The topological polar surface area (TPSA) is 44.0 Å². The van der Waals surface area contributed by atoms with Crippen LogP contribution in [0, 0.1) is 11.3 Å². The molecule has 1 aromatic rings. The quantitative estimate of drug-likeness (QED) is 0.541. The Morgan fingerprint density at radius 3 is 2.30 bits per heavy atom. The number of aromatic hydroxyl groups is 1. The van der Waals surface area contributed by atoms with E-state index in [9.17, 15) is 0 Å². The maximum atomic E-state index is 8.89. The predicted molar refractivity (Wildman–Crippen MR) is 40.0 cm³/mol. The van der Waals surface area contributed by atoms with Gasteiger partial charge in [-0.2, -0.15) is 5.26 Å². The molecule has 0 bridgehead atoms. The molecular formula is C7H6NNaO.